The average Bonchev–Trinajstić information content (AvgIpc) is 3.38. The molecule has 1 aliphatic rings. The lowest BCUT2D eigenvalue weighted by Gasteiger charge is -2.19. The Labute approximate surface area is 180 Å². The van der Waals surface area contributed by atoms with Crippen LogP contribution in [0.3, 0.4) is 0 Å². The second-order valence-corrected chi connectivity index (χ2v) is 8.50. The largest absolute Gasteiger partial charge is 0.376 e. The number of thioether (sulfide) groups is 1. The molecule has 0 aliphatic carbocycles. The van der Waals surface area contributed by atoms with Gasteiger partial charge in [-0.2, -0.15) is 0 Å². The van der Waals surface area contributed by atoms with Crippen molar-refractivity contribution in [3.8, 4) is 0 Å². The van der Waals surface area contributed by atoms with Crippen LogP contribution in [0.15, 0.2) is 53.8 Å². The van der Waals surface area contributed by atoms with Crippen molar-refractivity contribution in [2.75, 3.05) is 13.7 Å². The number of ether oxygens (including phenoxy) is 1. The van der Waals surface area contributed by atoms with Crippen molar-refractivity contribution < 1.29 is 9.13 Å². The maximum atomic E-state index is 13.5. The van der Waals surface area contributed by atoms with Crippen molar-refractivity contribution in [3.05, 3.63) is 71.6 Å². The summed E-state index contributed by atoms with van der Waals surface area (Å²) in [5, 5.41) is 9.80. The number of benzene rings is 1. The van der Waals surface area contributed by atoms with Gasteiger partial charge in [0.15, 0.2) is 5.16 Å². The zero-order chi connectivity index (χ0) is 20.8. The Morgan fingerprint density at radius 2 is 2.13 bits per heavy atom. The highest BCUT2D eigenvalue weighted by Crippen LogP contribution is 2.24. The van der Waals surface area contributed by atoms with E-state index in [1.165, 1.54) is 6.07 Å². The van der Waals surface area contributed by atoms with Crippen LogP contribution in [0.5, 0.6) is 0 Å². The van der Waals surface area contributed by atoms with E-state index in [0.717, 1.165) is 54.0 Å². The molecule has 0 radical (unpaired) electrons. The minimum absolute atomic E-state index is 0.197. The van der Waals surface area contributed by atoms with E-state index >= 15 is 0 Å². The third-order valence-corrected chi connectivity index (χ3v) is 6.03. The Morgan fingerprint density at radius 1 is 1.20 bits per heavy atom. The topological polar surface area (TPSA) is 56.1 Å². The van der Waals surface area contributed by atoms with Gasteiger partial charge in [-0.05, 0) is 49.7 Å². The Bertz CT molecular complexity index is 946. The molecule has 6 nitrogen and oxygen atoms in total. The van der Waals surface area contributed by atoms with E-state index in [1.54, 1.807) is 30.1 Å². The van der Waals surface area contributed by atoms with E-state index in [0.29, 0.717) is 13.1 Å². The Balaban J connectivity index is 1.47. The molecule has 1 aromatic carbocycles. The van der Waals surface area contributed by atoms with Gasteiger partial charge in [0.25, 0.3) is 0 Å². The Kier molecular flexibility index (Phi) is 7.09. The van der Waals surface area contributed by atoms with Crippen molar-refractivity contribution in [2.45, 2.75) is 49.5 Å². The molecule has 0 saturated carbocycles. The molecule has 3 aromatic rings. The van der Waals surface area contributed by atoms with Gasteiger partial charge in [-0.25, -0.2) is 4.39 Å². The summed E-state index contributed by atoms with van der Waals surface area (Å²) in [7, 11) is 2.01. The van der Waals surface area contributed by atoms with Gasteiger partial charge in [0, 0.05) is 25.1 Å². The summed E-state index contributed by atoms with van der Waals surface area (Å²) in [6.07, 6.45) is 4.15. The van der Waals surface area contributed by atoms with Gasteiger partial charge < -0.3 is 9.30 Å². The molecule has 1 saturated heterocycles. The minimum atomic E-state index is -0.212. The average molecular weight is 428 g/mol. The van der Waals surface area contributed by atoms with Gasteiger partial charge in [0.05, 0.1) is 24.9 Å². The fourth-order valence-electron chi connectivity index (χ4n) is 3.58. The number of hydrogen-bond donors (Lipinski definition) is 0. The van der Waals surface area contributed by atoms with Crippen LogP contribution in [0.2, 0.25) is 0 Å². The minimum Gasteiger partial charge on any atom is -0.376 e. The van der Waals surface area contributed by atoms with E-state index in [9.17, 15) is 4.39 Å². The van der Waals surface area contributed by atoms with Gasteiger partial charge in [0.1, 0.15) is 11.6 Å². The lowest BCUT2D eigenvalue weighted by Crippen LogP contribution is -2.23. The molecule has 0 spiro atoms. The molecule has 0 unspecified atom stereocenters. The molecule has 0 amide bonds. The van der Waals surface area contributed by atoms with Gasteiger partial charge in [-0.1, -0.05) is 30.0 Å². The van der Waals surface area contributed by atoms with Crippen LogP contribution in [0.25, 0.3) is 0 Å². The van der Waals surface area contributed by atoms with Gasteiger partial charge in [-0.15, -0.1) is 10.2 Å². The molecule has 1 aliphatic heterocycles. The highest BCUT2D eigenvalue weighted by molar-refractivity contribution is 7.98. The first-order valence-corrected chi connectivity index (χ1v) is 11.2. The molecule has 1 atom stereocenters. The molecule has 30 heavy (non-hydrogen) atoms. The second kappa shape index (κ2) is 10.1. The fourth-order valence-corrected chi connectivity index (χ4v) is 4.47. The van der Waals surface area contributed by atoms with E-state index in [1.807, 2.05) is 31.3 Å². The Hall–Kier alpha value is -2.29. The zero-order valence-corrected chi connectivity index (χ0v) is 17.9. The summed E-state index contributed by atoms with van der Waals surface area (Å²) in [6.45, 7) is 2.83. The quantitative estimate of drug-likeness (QED) is 0.483. The summed E-state index contributed by atoms with van der Waals surface area (Å²) in [5.74, 6) is 1.42. The lowest BCUT2D eigenvalue weighted by molar-refractivity contribution is 0.0934. The standard InChI is InChI=1S/C22H26FN5OS/c1-27(13-17-6-4-7-18(23)12-17)15-21-25-26-22(28(21)14-20-9-5-11-29-20)30-16-19-8-2-3-10-24-19/h2-4,6-8,10,12,20H,5,9,11,13-16H2,1H3/t20-/m0/s1. The van der Waals surface area contributed by atoms with Crippen molar-refractivity contribution >= 4 is 11.8 Å². The predicted molar refractivity (Wildman–Crippen MR) is 114 cm³/mol. The molecule has 0 bridgehead atoms. The smallest absolute Gasteiger partial charge is 0.191 e. The van der Waals surface area contributed by atoms with Gasteiger partial charge >= 0.3 is 0 Å². The number of halogens is 1. The summed E-state index contributed by atoms with van der Waals surface area (Å²) < 4.78 is 21.5. The maximum absolute atomic E-state index is 13.5. The van der Waals surface area contributed by atoms with Crippen molar-refractivity contribution in [1.29, 1.82) is 0 Å². The highest BCUT2D eigenvalue weighted by Gasteiger charge is 2.22. The van der Waals surface area contributed by atoms with E-state index in [2.05, 4.69) is 24.6 Å². The number of aromatic nitrogens is 4. The highest BCUT2D eigenvalue weighted by atomic mass is 32.2. The number of pyridine rings is 1. The molecule has 8 heteroatoms. The van der Waals surface area contributed by atoms with Crippen LogP contribution in [-0.4, -0.2) is 44.4 Å². The number of rotatable bonds is 9. The first-order valence-electron chi connectivity index (χ1n) is 10.2. The second-order valence-electron chi connectivity index (χ2n) is 7.56. The molecule has 1 fully saturated rings. The lowest BCUT2D eigenvalue weighted by atomic mass is 10.2. The van der Waals surface area contributed by atoms with Crippen molar-refractivity contribution in [1.82, 2.24) is 24.6 Å². The van der Waals surface area contributed by atoms with Gasteiger partial charge in [-0.3, -0.25) is 9.88 Å². The normalized spacial score (nSPS) is 16.4. The maximum Gasteiger partial charge on any atom is 0.191 e. The molecule has 3 heterocycles. The summed E-state index contributed by atoms with van der Waals surface area (Å²) >= 11 is 1.64. The first-order chi connectivity index (χ1) is 14.7. The van der Waals surface area contributed by atoms with Crippen LogP contribution in [0.4, 0.5) is 4.39 Å². The third kappa shape index (κ3) is 5.65. The number of hydrogen-bond acceptors (Lipinski definition) is 6. The van der Waals surface area contributed by atoms with Crippen LogP contribution < -0.4 is 0 Å². The monoisotopic (exact) mass is 427 g/mol. The van der Waals surface area contributed by atoms with Crippen LogP contribution in [-0.2, 0) is 30.1 Å². The van der Waals surface area contributed by atoms with Crippen molar-refractivity contribution in [2.24, 2.45) is 0 Å². The Morgan fingerprint density at radius 3 is 2.90 bits per heavy atom. The van der Waals surface area contributed by atoms with E-state index in [4.69, 9.17) is 4.74 Å². The molecule has 158 valence electrons. The predicted octanol–water partition coefficient (Wildman–Crippen LogP) is 3.92. The summed E-state index contributed by atoms with van der Waals surface area (Å²) in [4.78, 5) is 6.52. The molecular weight excluding hydrogens is 401 g/mol. The van der Waals surface area contributed by atoms with Crippen LogP contribution in [0.1, 0.15) is 29.9 Å². The molecule has 0 N–H and O–H groups in total. The molecular formula is C22H26FN5OS. The fraction of sp³-hybridized carbons (Fsp3) is 0.409. The summed E-state index contributed by atoms with van der Waals surface area (Å²) in [5.41, 5.74) is 1.95. The summed E-state index contributed by atoms with van der Waals surface area (Å²) in [6, 6.07) is 12.6. The zero-order valence-electron chi connectivity index (χ0n) is 17.1. The molecule has 4 rings (SSSR count). The van der Waals surface area contributed by atoms with E-state index in [-0.39, 0.29) is 11.9 Å². The molecule has 2 aromatic heterocycles. The van der Waals surface area contributed by atoms with Crippen molar-refractivity contribution in [3.63, 3.8) is 0 Å². The SMILES string of the molecule is CN(Cc1cccc(F)c1)Cc1nnc(SCc2ccccn2)n1C[C@@H]1CCCO1. The van der Waals surface area contributed by atoms with Crippen LogP contribution in [0, 0.1) is 5.82 Å². The first kappa shape index (κ1) is 21.0. The van der Waals surface area contributed by atoms with Gasteiger partial charge in [0.2, 0.25) is 0 Å². The van der Waals surface area contributed by atoms with Crippen LogP contribution >= 0.6 is 11.8 Å². The van der Waals surface area contributed by atoms with E-state index < -0.39 is 0 Å². The third-order valence-electron chi connectivity index (χ3n) is 5.03. The number of nitrogens with zero attached hydrogens (tertiary/aromatic N) is 5.